The lowest BCUT2D eigenvalue weighted by Crippen LogP contribution is -2.59. The molecule has 2 unspecified atom stereocenters. The number of unbranched alkanes of at least 4 members (excludes halogenated alkanes) is 1. The van der Waals surface area contributed by atoms with Crippen molar-refractivity contribution in [2.75, 3.05) is 13.6 Å². The first-order valence-corrected chi connectivity index (χ1v) is 7.62. The van der Waals surface area contributed by atoms with Crippen LogP contribution in [0.25, 0.3) is 0 Å². The summed E-state index contributed by atoms with van der Waals surface area (Å²) in [5.74, 6) is -0.685. The number of aliphatic carboxylic acids is 1. The molecule has 1 rings (SSSR count). The van der Waals surface area contributed by atoms with Crippen LogP contribution in [0.5, 0.6) is 0 Å². The van der Waals surface area contributed by atoms with Gasteiger partial charge in [0.15, 0.2) is 0 Å². The van der Waals surface area contributed by atoms with Gasteiger partial charge in [0.05, 0.1) is 0 Å². The standard InChI is InChI=1S/C15H30N2O2/c1-5-6-10-17(4)13-8-7-9-15(11-13,14(18)19)16-12(2)3/h12-13,16H,5-11H2,1-4H3,(H,18,19). The minimum Gasteiger partial charge on any atom is -0.480 e. The van der Waals surface area contributed by atoms with E-state index in [1.54, 1.807) is 0 Å². The van der Waals surface area contributed by atoms with Crippen LogP contribution in [-0.4, -0.2) is 47.2 Å². The van der Waals surface area contributed by atoms with Crippen molar-refractivity contribution in [3.05, 3.63) is 0 Å². The lowest BCUT2D eigenvalue weighted by Gasteiger charge is -2.42. The Morgan fingerprint density at radius 1 is 1.53 bits per heavy atom. The minimum absolute atomic E-state index is 0.204. The second-order valence-electron chi connectivity index (χ2n) is 6.27. The molecule has 2 N–H and O–H groups in total. The first-order valence-electron chi connectivity index (χ1n) is 7.62. The highest BCUT2D eigenvalue weighted by molar-refractivity contribution is 5.79. The molecular formula is C15H30N2O2. The largest absolute Gasteiger partial charge is 0.480 e. The molecule has 4 heteroatoms. The first kappa shape index (κ1) is 16.4. The number of nitrogens with one attached hydrogen (secondary N) is 1. The minimum atomic E-state index is -0.725. The molecule has 0 aliphatic heterocycles. The van der Waals surface area contributed by atoms with Gasteiger partial charge in [-0.2, -0.15) is 0 Å². The third-order valence-electron chi connectivity index (χ3n) is 4.19. The molecule has 0 radical (unpaired) electrons. The second-order valence-corrected chi connectivity index (χ2v) is 6.27. The highest BCUT2D eigenvalue weighted by Crippen LogP contribution is 2.31. The van der Waals surface area contributed by atoms with Gasteiger partial charge in [0.2, 0.25) is 0 Å². The molecule has 19 heavy (non-hydrogen) atoms. The van der Waals surface area contributed by atoms with Crippen LogP contribution in [-0.2, 0) is 4.79 Å². The fraction of sp³-hybridized carbons (Fsp3) is 0.933. The van der Waals surface area contributed by atoms with Crippen LogP contribution >= 0.6 is 0 Å². The molecule has 1 saturated carbocycles. The Morgan fingerprint density at radius 2 is 2.21 bits per heavy atom. The highest BCUT2D eigenvalue weighted by Gasteiger charge is 2.43. The Balaban J connectivity index is 2.71. The Morgan fingerprint density at radius 3 is 2.74 bits per heavy atom. The summed E-state index contributed by atoms with van der Waals surface area (Å²) < 4.78 is 0. The topological polar surface area (TPSA) is 52.6 Å². The fourth-order valence-electron chi connectivity index (χ4n) is 3.15. The summed E-state index contributed by atoms with van der Waals surface area (Å²) in [7, 11) is 2.13. The van der Waals surface area contributed by atoms with Crippen molar-refractivity contribution >= 4 is 5.97 Å². The average Bonchev–Trinajstić information content (AvgIpc) is 2.35. The Labute approximate surface area is 117 Å². The molecule has 0 amide bonds. The van der Waals surface area contributed by atoms with E-state index in [1.807, 2.05) is 13.8 Å². The molecule has 0 aromatic carbocycles. The maximum absolute atomic E-state index is 11.7. The summed E-state index contributed by atoms with van der Waals surface area (Å²) in [5, 5.41) is 12.9. The zero-order valence-corrected chi connectivity index (χ0v) is 12.9. The van der Waals surface area contributed by atoms with Crippen LogP contribution in [0.1, 0.15) is 59.3 Å². The third-order valence-corrected chi connectivity index (χ3v) is 4.19. The number of carboxylic acids is 1. The van der Waals surface area contributed by atoms with Gasteiger partial charge < -0.3 is 10.0 Å². The summed E-state index contributed by atoms with van der Waals surface area (Å²) in [6.45, 7) is 7.30. The summed E-state index contributed by atoms with van der Waals surface area (Å²) in [6.07, 6.45) is 5.96. The van der Waals surface area contributed by atoms with Crippen molar-refractivity contribution in [1.29, 1.82) is 0 Å². The molecule has 2 atom stereocenters. The summed E-state index contributed by atoms with van der Waals surface area (Å²) >= 11 is 0. The van der Waals surface area contributed by atoms with Crippen LogP contribution < -0.4 is 5.32 Å². The summed E-state index contributed by atoms with van der Waals surface area (Å²) in [4.78, 5) is 14.1. The van der Waals surface area contributed by atoms with E-state index in [0.29, 0.717) is 6.04 Å². The molecule has 0 aromatic heterocycles. The van der Waals surface area contributed by atoms with Gasteiger partial charge in [-0.3, -0.25) is 10.1 Å². The number of hydrogen-bond donors (Lipinski definition) is 2. The lowest BCUT2D eigenvalue weighted by molar-refractivity contribution is -0.147. The van der Waals surface area contributed by atoms with Crippen LogP contribution in [0.4, 0.5) is 0 Å². The normalized spacial score (nSPS) is 28.0. The monoisotopic (exact) mass is 270 g/mol. The highest BCUT2D eigenvalue weighted by atomic mass is 16.4. The van der Waals surface area contributed by atoms with Crippen molar-refractivity contribution in [2.45, 2.75) is 76.9 Å². The SMILES string of the molecule is CCCCN(C)C1CCCC(NC(C)C)(C(=O)O)C1. The lowest BCUT2D eigenvalue weighted by atomic mass is 9.78. The molecule has 0 saturated heterocycles. The molecule has 0 aromatic rings. The molecule has 0 heterocycles. The molecule has 4 nitrogen and oxygen atoms in total. The van der Waals surface area contributed by atoms with Crippen LogP contribution in [0, 0.1) is 0 Å². The van der Waals surface area contributed by atoms with Crippen molar-refractivity contribution in [2.24, 2.45) is 0 Å². The van der Waals surface area contributed by atoms with Gasteiger partial charge in [-0.25, -0.2) is 0 Å². The third kappa shape index (κ3) is 4.46. The molecular weight excluding hydrogens is 240 g/mol. The van der Waals surface area contributed by atoms with E-state index in [9.17, 15) is 9.90 Å². The molecule has 1 fully saturated rings. The Hall–Kier alpha value is -0.610. The van der Waals surface area contributed by atoms with Crippen molar-refractivity contribution in [1.82, 2.24) is 10.2 Å². The van der Waals surface area contributed by atoms with Crippen molar-refractivity contribution < 1.29 is 9.90 Å². The number of nitrogens with zero attached hydrogens (tertiary/aromatic N) is 1. The quantitative estimate of drug-likeness (QED) is 0.746. The number of carbonyl (C=O) groups is 1. The van der Waals surface area contributed by atoms with E-state index in [-0.39, 0.29) is 6.04 Å². The second kappa shape index (κ2) is 7.25. The molecule has 0 spiro atoms. The molecule has 112 valence electrons. The van der Waals surface area contributed by atoms with Crippen LogP contribution in [0.3, 0.4) is 0 Å². The Bertz CT molecular complexity index is 294. The predicted octanol–water partition coefficient (Wildman–Crippen LogP) is 2.48. The predicted molar refractivity (Wildman–Crippen MR) is 78.4 cm³/mol. The van der Waals surface area contributed by atoms with Crippen molar-refractivity contribution in [3.63, 3.8) is 0 Å². The van der Waals surface area contributed by atoms with E-state index in [0.717, 1.165) is 32.2 Å². The zero-order chi connectivity index (χ0) is 14.5. The summed E-state index contributed by atoms with van der Waals surface area (Å²) in [5.41, 5.74) is -0.725. The number of hydrogen-bond acceptors (Lipinski definition) is 3. The van der Waals surface area contributed by atoms with Gasteiger partial charge in [-0.05, 0) is 59.5 Å². The first-order chi connectivity index (χ1) is 8.91. The molecule has 1 aliphatic carbocycles. The molecule has 0 bridgehead atoms. The van der Waals surface area contributed by atoms with E-state index in [2.05, 4.69) is 24.2 Å². The molecule has 1 aliphatic rings. The summed E-state index contributed by atoms with van der Waals surface area (Å²) in [6, 6.07) is 0.596. The van der Waals surface area contributed by atoms with Crippen molar-refractivity contribution in [3.8, 4) is 0 Å². The van der Waals surface area contributed by atoms with E-state index in [1.165, 1.54) is 12.8 Å². The maximum atomic E-state index is 11.7. The maximum Gasteiger partial charge on any atom is 0.323 e. The van der Waals surface area contributed by atoms with Gasteiger partial charge in [-0.15, -0.1) is 0 Å². The smallest absolute Gasteiger partial charge is 0.323 e. The van der Waals surface area contributed by atoms with E-state index < -0.39 is 11.5 Å². The van der Waals surface area contributed by atoms with Gasteiger partial charge in [0.25, 0.3) is 0 Å². The fourth-order valence-corrected chi connectivity index (χ4v) is 3.15. The zero-order valence-electron chi connectivity index (χ0n) is 12.9. The van der Waals surface area contributed by atoms with E-state index >= 15 is 0 Å². The van der Waals surface area contributed by atoms with E-state index in [4.69, 9.17) is 0 Å². The Kier molecular flexibility index (Phi) is 6.27. The van der Waals surface area contributed by atoms with Gasteiger partial charge >= 0.3 is 5.97 Å². The van der Waals surface area contributed by atoms with Gasteiger partial charge in [-0.1, -0.05) is 13.3 Å². The number of carboxylic acid groups (broad SMARTS) is 1. The van der Waals surface area contributed by atoms with Crippen LogP contribution in [0.15, 0.2) is 0 Å². The average molecular weight is 270 g/mol. The number of rotatable bonds is 7. The van der Waals surface area contributed by atoms with Gasteiger partial charge in [0, 0.05) is 12.1 Å². The van der Waals surface area contributed by atoms with Gasteiger partial charge in [0.1, 0.15) is 5.54 Å². The van der Waals surface area contributed by atoms with Crippen LogP contribution in [0.2, 0.25) is 0 Å².